The van der Waals surface area contributed by atoms with Crippen molar-refractivity contribution in [3.63, 3.8) is 0 Å². The van der Waals surface area contributed by atoms with E-state index >= 15 is 0 Å². The molecule has 0 heterocycles. The van der Waals surface area contributed by atoms with E-state index in [1.807, 2.05) is 12.1 Å². The van der Waals surface area contributed by atoms with Crippen molar-refractivity contribution in [3.05, 3.63) is 71.8 Å². The van der Waals surface area contributed by atoms with Crippen molar-refractivity contribution >= 4 is 11.9 Å². The number of benzene rings is 2. The first-order valence-corrected chi connectivity index (χ1v) is 8.21. The monoisotopic (exact) mass is 360 g/mol. The third-order valence-electron chi connectivity index (χ3n) is 3.04. The van der Waals surface area contributed by atoms with Crippen LogP contribution in [-0.2, 0) is 9.47 Å². The zero-order valence-corrected chi connectivity index (χ0v) is 14.9. The van der Waals surface area contributed by atoms with Gasteiger partial charge in [0.2, 0.25) is 0 Å². The molecule has 0 aromatic heterocycles. The summed E-state index contributed by atoms with van der Waals surface area (Å²) in [6.07, 6.45) is -1.07. The van der Waals surface area contributed by atoms with Crippen LogP contribution in [0, 0.1) is 0 Å². The highest BCUT2D eigenvalue weighted by Gasteiger charge is 2.09. The van der Waals surface area contributed by atoms with E-state index in [1.54, 1.807) is 62.4 Å². The highest BCUT2D eigenvalue weighted by molar-refractivity contribution is 5.89. The van der Waals surface area contributed by atoms with Crippen molar-refractivity contribution < 1.29 is 29.3 Å². The van der Waals surface area contributed by atoms with E-state index in [1.165, 1.54) is 0 Å². The fraction of sp³-hybridized carbons (Fsp3) is 0.300. The molecule has 6 nitrogen and oxygen atoms in total. The van der Waals surface area contributed by atoms with Crippen molar-refractivity contribution in [3.8, 4) is 0 Å². The Kier molecular flexibility index (Phi) is 9.67. The summed E-state index contributed by atoms with van der Waals surface area (Å²) in [7, 11) is 0. The molecule has 0 amide bonds. The van der Waals surface area contributed by atoms with Crippen LogP contribution in [0.1, 0.15) is 34.6 Å². The SMILES string of the molecule is CC(CO)OC(=O)c1ccccc1.CC(O)COC(=O)c1ccccc1. The molecule has 0 fully saturated rings. The average Bonchev–Trinajstić information content (AvgIpc) is 2.67. The zero-order valence-electron chi connectivity index (χ0n) is 14.9. The predicted octanol–water partition coefficient (Wildman–Crippen LogP) is 2.45. The normalized spacial score (nSPS) is 12.2. The van der Waals surface area contributed by atoms with Crippen LogP contribution in [0.3, 0.4) is 0 Å². The van der Waals surface area contributed by atoms with E-state index in [0.717, 1.165) is 0 Å². The van der Waals surface area contributed by atoms with Gasteiger partial charge in [-0.3, -0.25) is 0 Å². The predicted molar refractivity (Wildman–Crippen MR) is 96.8 cm³/mol. The summed E-state index contributed by atoms with van der Waals surface area (Å²) in [5.74, 6) is -0.802. The molecule has 2 N–H and O–H groups in total. The fourth-order valence-corrected chi connectivity index (χ4v) is 1.72. The number of rotatable bonds is 6. The Morgan fingerprint density at radius 1 is 0.885 bits per heavy atom. The van der Waals surface area contributed by atoms with Gasteiger partial charge in [0.25, 0.3) is 0 Å². The Bertz CT molecular complexity index is 655. The van der Waals surface area contributed by atoms with Crippen LogP contribution in [0.2, 0.25) is 0 Å². The molecule has 2 rings (SSSR count). The summed E-state index contributed by atoms with van der Waals surface area (Å²) in [5.41, 5.74) is 1.01. The molecule has 0 aliphatic carbocycles. The van der Waals surface area contributed by atoms with E-state index in [4.69, 9.17) is 19.7 Å². The molecule has 2 aromatic carbocycles. The smallest absolute Gasteiger partial charge is 0.338 e. The summed E-state index contributed by atoms with van der Waals surface area (Å²) in [6, 6.07) is 17.4. The first-order valence-electron chi connectivity index (χ1n) is 8.21. The third kappa shape index (κ3) is 8.41. The van der Waals surface area contributed by atoms with Crippen LogP contribution in [0.25, 0.3) is 0 Å². The Morgan fingerprint density at radius 2 is 1.35 bits per heavy atom. The van der Waals surface area contributed by atoms with Gasteiger partial charge in [-0.15, -0.1) is 0 Å². The first-order chi connectivity index (χ1) is 12.4. The minimum Gasteiger partial charge on any atom is -0.459 e. The second kappa shape index (κ2) is 11.8. The molecule has 0 spiro atoms. The lowest BCUT2D eigenvalue weighted by Gasteiger charge is -2.09. The molecule has 26 heavy (non-hydrogen) atoms. The van der Waals surface area contributed by atoms with Gasteiger partial charge in [0.1, 0.15) is 12.7 Å². The molecule has 0 bridgehead atoms. The number of aliphatic hydroxyl groups excluding tert-OH is 2. The van der Waals surface area contributed by atoms with E-state index in [-0.39, 0.29) is 13.2 Å². The minimum atomic E-state index is -0.618. The Morgan fingerprint density at radius 3 is 1.77 bits per heavy atom. The number of hydrogen-bond acceptors (Lipinski definition) is 6. The van der Waals surface area contributed by atoms with Crippen molar-refractivity contribution in [1.29, 1.82) is 0 Å². The summed E-state index contributed by atoms with van der Waals surface area (Å²) in [5, 5.41) is 17.5. The van der Waals surface area contributed by atoms with Crippen molar-refractivity contribution in [2.45, 2.75) is 26.1 Å². The molecular formula is C20H24O6. The summed E-state index contributed by atoms with van der Waals surface area (Å²) in [6.45, 7) is 3.09. The molecule has 0 saturated heterocycles. The number of carbonyl (C=O) groups is 2. The van der Waals surface area contributed by atoms with Gasteiger partial charge in [-0.25, -0.2) is 9.59 Å². The lowest BCUT2D eigenvalue weighted by molar-refractivity contribution is 0.0196. The van der Waals surface area contributed by atoms with Gasteiger partial charge in [-0.2, -0.15) is 0 Å². The Balaban J connectivity index is 0.000000260. The third-order valence-corrected chi connectivity index (χ3v) is 3.04. The van der Waals surface area contributed by atoms with Gasteiger partial charge >= 0.3 is 11.9 Å². The number of aliphatic hydroxyl groups is 2. The van der Waals surface area contributed by atoms with Gasteiger partial charge < -0.3 is 19.7 Å². The topological polar surface area (TPSA) is 93.1 Å². The summed E-state index contributed by atoms with van der Waals surface area (Å²) < 4.78 is 9.70. The number of carbonyl (C=O) groups excluding carboxylic acids is 2. The maximum Gasteiger partial charge on any atom is 0.338 e. The van der Waals surface area contributed by atoms with Crippen LogP contribution in [0.15, 0.2) is 60.7 Å². The highest BCUT2D eigenvalue weighted by atomic mass is 16.6. The van der Waals surface area contributed by atoms with Gasteiger partial charge in [-0.05, 0) is 38.1 Å². The highest BCUT2D eigenvalue weighted by Crippen LogP contribution is 2.03. The largest absolute Gasteiger partial charge is 0.459 e. The van der Waals surface area contributed by atoms with Crippen LogP contribution in [-0.4, -0.2) is 47.6 Å². The summed E-state index contributed by atoms with van der Waals surface area (Å²) >= 11 is 0. The maximum absolute atomic E-state index is 11.3. The molecule has 0 radical (unpaired) electrons. The molecule has 6 heteroatoms. The molecular weight excluding hydrogens is 336 g/mol. The van der Waals surface area contributed by atoms with Crippen molar-refractivity contribution in [1.82, 2.24) is 0 Å². The van der Waals surface area contributed by atoms with Crippen LogP contribution >= 0.6 is 0 Å². The second-order valence-corrected chi connectivity index (χ2v) is 5.58. The Hall–Kier alpha value is -2.70. The maximum atomic E-state index is 11.3. The molecule has 140 valence electrons. The van der Waals surface area contributed by atoms with Gasteiger partial charge in [0.05, 0.1) is 23.8 Å². The number of hydrogen-bond donors (Lipinski definition) is 2. The lowest BCUT2D eigenvalue weighted by Crippen LogP contribution is -2.18. The van der Waals surface area contributed by atoms with Gasteiger partial charge in [0.15, 0.2) is 0 Å². The molecule has 0 saturated carbocycles. The summed E-state index contributed by atoms with van der Waals surface area (Å²) in [4.78, 5) is 22.5. The van der Waals surface area contributed by atoms with Crippen LogP contribution in [0.4, 0.5) is 0 Å². The van der Waals surface area contributed by atoms with Crippen LogP contribution in [0.5, 0.6) is 0 Å². The first kappa shape index (κ1) is 21.3. The van der Waals surface area contributed by atoms with Crippen molar-refractivity contribution in [2.24, 2.45) is 0 Å². The number of esters is 2. The zero-order chi connectivity index (χ0) is 19.4. The molecule has 2 aromatic rings. The van der Waals surface area contributed by atoms with Crippen LogP contribution < -0.4 is 0 Å². The average molecular weight is 360 g/mol. The quantitative estimate of drug-likeness (QED) is 0.769. The van der Waals surface area contributed by atoms with E-state index in [9.17, 15) is 9.59 Å². The molecule has 0 aliphatic heterocycles. The van der Waals surface area contributed by atoms with E-state index < -0.39 is 24.1 Å². The second-order valence-electron chi connectivity index (χ2n) is 5.58. The standard InChI is InChI=1S/2C10H12O3/c1-8(11)7-13-10(12)9-5-3-2-4-6-9;1-8(7-11)13-10(12)9-5-3-2-4-6-9/h2*2-6,8,11H,7H2,1H3. The number of ether oxygens (including phenoxy) is 2. The molecule has 0 aliphatic rings. The lowest BCUT2D eigenvalue weighted by atomic mass is 10.2. The molecule has 2 unspecified atom stereocenters. The van der Waals surface area contributed by atoms with Gasteiger partial charge in [-0.1, -0.05) is 36.4 Å². The molecule has 2 atom stereocenters. The Labute approximate surface area is 153 Å². The van der Waals surface area contributed by atoms with Gasteiger partial charge in [0, 0.05) is 0 Å². The van der Waals surface area contributed by atoms with E-state index in [2.05, 4.69) is 0 Å². The fourth-order valence-electron chi connectivity index (χ4n) is 1.72. The van der Waals surface area contributed by atoms with E-state index in [0.29, 0.717) is 11.1 Å². The van der Waals surface area contributed by atoms with Crippen molar-refractivity contribution in [2.75, 3.05) is 13.2 Å². The minimum absolute atomic E-state index is 0.0354.